The number of halogens is 4. The molecule has 1 aliphatic heterocycles. The van der Waals surface area contributed by atoms with Crippen molar-refractivity contribution in [3.05, 3.63) is 93.7 Å². The summed E-state index contributed by atoms with van der Waals surface area (Å²) in [6.45, 7) is 0. The fourth-order valence-electron chi connectivity index (χ4n) is 5.02. The number of hydrogen-bond acceptors (Lipinski definition) is 5. The molecule has 41 heavy (non-hydrogen) atoms. The summed E-state index contributed by atoms with van der Waals surface area (Å²) >= 11 is 6.47. The molecule has 0 bridgehead atoms. The van der Waals surface area contributed by atoms with Crippen LogP contribution in [0, 0.1) is 22.1 Å². The van der Waals surface area contributed by atoms with Gasteiger partial charge in [-0.15, -0.1) is 0 Å². The molecule has 9 nitrogen and oxygen atoms in total. The van der Waals surface area contributed by atoms with Crippen LogP contribution in [0.2, 0.25) is 5.02 Å². The van der Waals surface area contributed by atoms with E-state index in [0.29, 0.717) is 4.87 Å². The van der Waals surface area contributed by atoms with Crippen LogP contribution in [0.1, 0.15) is 42.9 Å². The summed E-state index contributed by atoms with van der Waals surface area (Å²) < 4.78 is 41.6. The van der Waals surface area contributed by atoms with E-state index in [1.54, 1.807) is 12.1 Å². The number of hydrogen-bond donors (Lipinski definition) is 1. The van der Waals surface area contributed by atoms with E-state index >= 15 is 0 Å². The number of aromatic nitrogens is 1. The smallest absolute Gasteiger partial charge is 0.317 e. The minimum Gasteiger partial charge on any atom is -0.351 e. The van der Waals surface area contributed by atoms with Crippen molar-refractivity contribution in [2.24, 2.45) is 0 Å². The normalized spacial score (nSPS) is 18.8. The van der Waals surface area contributed by atoms with Crippen molar-refractivity contribution in [3.63, 3.8) is 0 Å². The summed E-state index contributed by atoms with van der Waals surface area (Å²) in [6.07, 6.45) is -1.10. The zero-order valence-electron chi connectivity index (χ0n) is 21.4. The molecule has 1 saturated carbocycles. The predicted octanol–water partition coefficient (Wildman–Crippen LogP) is 5.05. The molecule has 0 unspecified atom stereocenters. The molecule has 2 heterocycles. The van der Waals surface area contributed by atoms with Gasteiger partial charge in [-0.2, -0.15) is 5.26 Å². The second-order valence-corrected chi connectivity index (χ2v) is 10.2. The molecular formula is C28H23ClF3N6O3+. The van der Waals surface area contributed by atoms with Gasteiger partial charge in [-0.25, -0.2) is 23.1 Å². The first kappa shape index (κ1) is 28.0. The van der Waals surface area contributed by atoms with Crippen molar-refractivity contribution in [1.82, 2.24) is 10.3 Å². The molecule has 13 heteroatoms. The molecule has 0 radical (unpaired) electrons. The van der Waals surface area contributed by atoms with Crippen molar-refractivity contribution in [2.75, 3.05) is 9.91 Å². The number of nitrogens with one attached hydrogen (secondary N) is 1. The minimum atomic E-state index is -2.91. The van der Waals surface area contributed by atoms with E-state index in [1.165, 1.54) is 42.6 Å². The lowest BCUT2D eigenvalue weighted by molar-refractivity contribution is -0.598. The van der Waals surface area contributed by atoms with Gasteiger partial charge in [0.1, 0.15) is 28.3 Å². The van der Waals surface area contributed by atoms with Gasteiger partial charge in [0.05, 0.1) is 10.5 Å². The fourth-order valence-corrected chi connectivity index (χ4v) is 5.25. The Bertz CT molecular complexity index is 1540. The Labute approximate surface area is 237 Å². The van der Waals surface area contributed by atoms with Crippen LogP contribution in [-0.4, -0.2) is 39.8 Å². The van der Waals surface area contributed by atoms with E-state index < -0.39 is 54.6 Å². The van der Waals surface area contributed by atoms with Crippen LogP contribution in [0.25, 0.3) is 0 Å². The van der Waals surface area contributed by atoms with Crippen LogP contribution in [0.4, 0.5) is 24.7 Å². The third-order valence-corrected chi connectivity index (χ3v) is 7.32. The highest BCUT2D eigenvalue weighted by molar-refractivity contribution is 6.31. The number of rotatable bonds is 8. The van der Waals surface area contributed by atoms with Crippen LogP contribution < -0.4 is 15.2 Å². The van der Waals surface area contributed by atoms with Crippen molar-refractivity contribution >= 4 is 34.9 Å². The van der Waals surface area contributed by atoms with Gasteiger partial charge in [-0.1, -0.05) is 40.9 Å². The number of anilines is 2. The fraction of sp³-hybridized carbons (Fsp3) is 0.286. The molecule has 2 aromatic carbocycles. The number of amides is 2. The number of alkyl halides is 2. The molecule has 2 aliphatic rings. The van der Waals surface area contributed by atoms with Gasteiger partial charge in [0.25, 0.3) is 11.8 Å². The van der Waals surface area contributed by atoms with E-state index in [4.69, 9.17) is 16.9 Å². The van der Waals surface area contributed by atoms with E-state index in [9.17, 15) is 27.7 Å². The molecule has 1 aliphatic carbocycles. The lowest BCUT2D eigenvalue weighted by atomic mass is 9.88. The Hall–Kier alpha value is -4.50. The average molecular weight is 584 g/mol. The van der Waals surface area contributed by atoms with E-state index in [0.717, 1.165) is 22.0 Å². The first-order valence-corrected chi connectivity index (χ1v) is 13.1. The van der Waals surface area contributed by atoms with Gasteiger partial charge in [-0.05, 0) is 30.3 Å². The minimum absolute atomic E-state index is 0.0256. The molecule has 2 amide bonds. The number of nitriles is 1. The number of carbonyl (C=O) groups excluding carboxylic acids is 2. The number of carbonyl (C=O) groups is 2. The highest BCUT2D eigenvalue weighted by atomic mass is 35.5. The predicted molar refractivity (Wildman–Crippen MR) is 142 cm³/mol. The maximum atomic E-state index is 14.5. The summed E-state index contributed by atoms with van der Waals surface area (Å²) in [4.78, 5) is 46.7. The molecule has 2 fully saturated rings. The summed E-state index contributed by atoms with van der Waals surface area (Å²) in [5.74, 6) is -4.75. The Morgan fingerprint density at radius 2 is 1.95 bits per heavy atom. The topological polar surface area (TPSA) is 109 Å². The van der Waals surface area contributed by atoms with Gasteiger partial charge in [0, 0.05) is 54.6 Å². The Morgan fingerprint density at radius 1 is 1.20 bits per heavy atom. The first-order valence-electron chi connectivity index (χ1n) is 12.7. The van der Waals surface area contributed by atoms with Gasteiger partial charge >= 0.3 is 6.17 Å². The molecule has 5 rings (SSSR count). The summed E-state index contributed by atoms with van der Waals surface area (Å²) in [7, 11) is 0. The highest BCUT2D eigenvalue weighted by Crippen LogP contribution is 2.39. The standard InChI is InChI=1S/C28H22ClF3N6O3/c29-22-7-2-1-6-21(22)26(27(40)35-19-13-28(31,32)14-19)37(20-5-3-4-18(30)12-20)38(41)24-10-11-25(39)36(24)23-9-8-17(15-33)16-34-23/h1-9,12,16,19,24,26H,10-11,13-14H2/p+1/t24-,26+/m1/s1. The van der Waals surface area contributed by atoms with Crippen LogP contribution in [0.15, 0.2) is 66.9 Å². The largest absolute Gasteiger partial charge is 0.351 e. The van der Waals surface area contributed by atoms with Crippen LogP contribution in [0.3, 0.4) is 0 Å². The number of pyridine rings is 1. The van der Waals surface area contributed by atoms with Gasteiger partial charge < -0.3 is 5.32 Å². The third-order valence-electron chi connectivity index (χ3n) is 6.98. The average Bonchev–Trinajstić information content (AvgIpc) is 3.32. The second-order valence-electron chi connectivity index (χ2n) is 9.82. The second kappa shape index (κ2) is 11.2. The maximum absolute atomic E-state index is 14.5. The van der Waals surface area contributed by atoms with Gasteiger partial charge in [-0.3, -0.25) is 9.59 Å². The molecular weight excluding hydrogens is 561 g/mol. The van der Waals surface area contributed by atoms with Crippen LogP contribution in [-0.2, 0) is 9.59 Å². The zero-order chi connectivity index (χ0) is 29.3. The van der Waals surface area contributed by atoms with Crippen molar-refractivity contribution in [1.29, 1.82) is 5.26 Å². The number of nitrogens with zero attached hydrogens (tertiary/aromatic N) is 5. The number of benzene rings is 2. The van der Waals surface area contributed by atoms with Crippen LogP contribution >= 0.6 is 11.6 Å². The molecule has 1 saturated heterocycles. The molecule has 1 N–H and O–H groups in total. The third kappa shape index (κ3) is 5.71. The summed E-state index contributed by atoms with van der Waals surface area (Å²) in [5, 5.41) is 12.8. The molecule has 0 spiro atoms. The number of nitroso groups, excluding NO2 is 1. The highest BCUT2D eigenvalue weighted by Gasteiger charge is 2.52. The maximum Gasteiger partial charge on any atom is 0.317 e. The number of hydrazine groups is 1. The molecule has 210 valence electrons. The van der Waals surface area contributed by atoms with E-state index in [-0.39, 0.29) is 40.5 Å². The quantitative estimate of drug-likeness (QED) is 0.293. The van der Waals surface area contributed by atoms with E-state index in [1.807, 2.05) is 6.07 Å². The first-order chi connectivity index (χ1) is 19.6. The summed E-state index contributed by atoms with van der Waals surface area (Å²) in [6, 6.07) is 13.6. The van der Waals surface area contributed by atoms with Crippen molar-refractivity contribution in [2.45, 2.75) is 49.9 Å². The van der Waals surface area contributed by atoms with Crippen LogP contribution in [0.5, 0.6) is 0 Å². The lowest BCUT2D eigenvalue weighted by Gasteiger charge is -2.37. The molecule has 1 aromatic heterocycles. The van der Waals surface area contributed by atoms with E-state index in [2.05, 4.69) is 10.3 Å². The molecule has 3 aromatic rings. The zero-order valence-corrected chi connectivity index (χ0v) is 22.1. The lowest BCUT2D eigenvalue weighted by Crippen LogP contribution is -2.56. The Kier molecular flexibility index (Phi) is 7.64. The SMILES string of the molecule is N#Cc1ccc(N2C(=O)CC[C@H]2[N+](=O)N(c2cccc(F)c2)[C@H](C(=O)NC2CC(F)(F)C2)c2ccccc2Cl)nc1. The van der Waals surface area contributed by atoms with Crippen molar-refractivity contribution in [3.8, 4) is 6.07 Å². The Morgan fingerprint density at radius 3 is 2.59 bits per heavy atom. The van der Waals surface area contributed by atoms with Gasteiger partial charge in [0.15, 0.2) is 6.04 Å². The summed E-state index contributed by atoms with van der Waals surface area (Å²) in [5.41, 5.74) is 0.371. The molecule has 2 atom stereocenters. The monoisotopic (exact) mass is 583 g/mol. The Balaban J connectivity index is 1.59. The van der Waals surface area contributed by atoms with Crippen molar-refractivity contribution < 1.29 is 27.6 Å². The van der Waals surface area contributed by atoms with Gasteiger partial charge in [0.2, 0.25) is 5.91 Å².